The van der Waals surface area contributed by atoms with Crippen LogP contribution in [-0.2, 0) is 9.59 Å². The normalized spacial score (nSPS) is 20.1. The highest BCUT2D eigenvalue weighted by molar-refractivity contribution is 6.11. The standard InChI is InChI=1S/C26H30FN3O4/c1-18-5-4-13-29(17-18)25(33)20-11-15-28(16-12-20)26(34)23(30-14-3-2-6-22(30)31)24(32)19-7-9-21(27)10-8-19/h2-3,6-10,14,18,20,23H,4-5,11-13,15-17H2,1H3. The lowest BCUT2D eigenvalue weighted by Crippen LogP contribution is -2.49. The van der Waals surface area contributed by atoms with Crippen LogP contribution in [0.2, 0.25) is 0 Å². The van der Waals surface area contributed by atoms with Gasteiger partial charge in [-0.3, -0.25) is 23.7 Å². The van der Waals surface area contributed by atoms with E-state index in [2.05, 4.69) is 6.92 Å². The third-order valence-corrected chi connectivity index (χ3v) is 6.86. The van der Waals surface area contributed by atoms with Gasteiger partial charge in [0, 0.05) is 49.9 Å². The Bertz CT molecular complexity index is 1110. The molecule has 2 atom stereocenters. The number of hydrogen-bond acceptors (Lipinski definition) is 4. The smallest absolute Gasteiger partial charge is 0.253 e. The third-order valence-electron chi connectivity index (χ3n) is 6.86. The van der Waals surface area contributed by atoms with Gasteiger partial charge >= 0.3 is 0 Å². The highest BCUT2D eigenvalue weighted by Gasteiger charge is 2.37. The number of benzene rings is 1. The summed E-state index contributed by atoms with van der Waals surface area (Å²) in [6.07, 6.45) is 4.62. The number of Topliss-reactive ketones (excluding diaryl/α,β-unsaturated/α-hetero) is 1. The Labute approximate surface area is 198 Å². The van der Waals surface area contributed by atoms with Crippen molar-refractivity contribution < 1.29 is 18.8 Å². The molecule has 180 valence electrons. The highest BCUT2D eigenvalue weighted by Crippen LogP contribution is 2.26. The fraction of sp³-hybridized carbons (Fsp3) is 0.462. The van der Waals surface area contributed by atoms with Crippen LogP contribution in [0.4, 0.5) is 4.39 Å². The van der Waals surface area contributed by atoms with Crippen molar-refractivity contribution in [2.45, 2.75) is 38.6 Å². The van der Waals surface area contributed by atoms with Crippen molar-refractivity contribution in [1.82, 2.24) is 14.4 Å². The molecule has 2 amide bonds. The number of likely N-dealkylation sites (tertiary alicyclic amines) is 2. The minimum atomic E-state index is -1.38. The fourth-order valence-corrected chi connectivity index (χ4v) is 4.95. The Morgan fingerprint density at radius 2 is 1.65 bits per heavy atom. The largest absolute Gasteiger partial charge is 0.342 e. The molecular formula is C26H30FN3O4. The number of rotatable bonds is 5. The van der Waals surface area contributed by atoms with Crippen molar-refractivity contribution in [2.24, 2.45) is 11.8 Å². The predicted octanol–water partition coefficient (Wildman–Crippen LogP) is 2.91. The highest BCUT2D eigenvalue weighted by atomic mass is 19.1. The summed E-state index contributed by atoms with van der Waals surface area (Å²) in [4.78, 5) is 55.8. The summed E-state index contributed by atoms with van der Waals surface area (Å²) < 4.78 is 14.5. The van der Waals surface area contributed by atoms with Crippen molar-refractivity contribution in [3.8, 4) is 0 Å². The Morgan fingerprint density at radius 1 is 0.941 bits per heavy atom. The Morgan fingerprint density at radius 3 is 2.29 bits per heavy atom. The van der Waals surface area contributed by atoms with E-state index in [0.29, 0.717) is 31.8 Å². The summed E-state index contributed by atoms with van der Waals surface area (Å²) in [5.74, 6) is -1.04. The minimum absolute atomic E-state index is 0.139. The average molecular weight is 468 g/mol. The van der Waals surface area contributed by atoms with Crippen LogP contribution in [0, 0.1) is 17.7 Å². The second-order valence-corrected chi connectivity index (χ2v) is 9.35. The molecule has 0 saturated carbocycles. The van der Waals surface area contributed by atoms with Crippen LogP contribution in [0.1, 0.15) is 49.0 Å². The zero-order valence-corrected chi connectivity index (χ0v) is 19.4. The number of pyridine rings is 1. The molecule has 1 aromatic carbocycles. The number of carbonyl (C=O) groups excluding carboxylic acids is 3. The van der Waals surface area contributed by atoms with Crippen LogP contribution in [0.5, 0.6) is 0 Å². The number of amides is 2. The number of nitrogens with zero attached hydrogens (tertiary/aromatic N) is 3. The molecule has 2 unspecified atom stereocenters. The third kappa shape index (κ3) is 5.11. The number of ketones is 1. The van der Waals surface area contributed by atoms with E-state index in [4.69, 9.17) is 0 Å². The molecule has 3 heterocycles. The first-order valence-corrected chi connectivity index (χ1v) is 11.9. The van der Waals surface area contributed by atoms with Gasteiger partial charge in [0.1, 0.15) is 5.82 Å². The maximum Gasteiger partial charge on any atom is 0.253 e. The number of halogens is 1. The van der Waals surface area contributed by atoms with Gasteiger partial charge in [-0.05, 0) is 61.9 Å². The lowest BCUT2D eigenvalue weighted by molar-refractivity contribution is -0.142. The molecule has 2 fully saturated rings. The summed E-state index contributed by atoms with van der Waals surface area (Å²) in [7, 11) is 0. The average Bonchev–Trinajstić information content (AvgIpc) is 2.85. The molecule has 0 N–H and O–H groups in total. The van der Waals surface area contributed by atoms with Crippen LogP contribution in [0.15, 0.2) is 53.5 Å². The molecule has 2 aliphatic rings. The zero-order valence-electron chi connectivity index (χ0n) is 19.4. The van der Waals surface area contributed by atoms with E-state index in [9.17, 15) is 23.6 Å². The number of carbonyl (C=O) groups is 3. The number of hydrogen-bond donors (Lipinski definition) is 0. The lowest BCUT2D eigenvalue weighted by Gasteiger charge is -2.38. The molecule has 0 radical (unpaired) electrons. The molecule has 2 aliphatic heterocycles. The van der Waals surface area contributed by atoms with E-state index < -0.39 is 29.1 Å². The van der Waals surface area contributed by atoms with Crippen LogP contribution in [-0.4, -0.2) is 58.1 Å². The molecule has 0 aliphatic carbocycles. The molecule has 0 spiro atoms. The second-order valence-electron chi connectivity index (χ2n) is 9.35. The van der Waals surface area contributed by atoms with Crippen LogP contribution >= 0.6 is 0 Å². The first-order chi connectivity index (χ1) is 16.3. The number of piperidine rings is 2. The summed E-state index contributed by atoms with van der Waals surface area (Å²) in [5.41, 5.74) is -0.319. The molecule has 1 aromatic heterocycles. The minimum Gasteiger partial charge on any atom is -0.342 e. The summed E-state index contributed by atoms with van der Waals surface area (Å²) in [6.45, 7) is 4.40. The van der Waals surface area contributed by atoms with Crippen molar-refractivity contribution in [1.29, 1.82) is 0 Å². The van der Waals surface area contributed by atoms with E-state index in [1.54, 1.807) is 17.0 Å². The Kier molecular flexibility index (Phi) is 7.24. The first-order valence-electron chi connectivity index (χ1n) is 11.9. The molecule has 0 bridgehead atoms. The molecule has 4 rings (SSSR count). The SMILES string of the molecule is CC1CCCN(C(=O)C2CCN(C(=O)C(C(=O)c3ccc(F)cc3)n3ccccc3=O)CC2)C1. The first kappa shape index (κ1) is 23.9. The molecular weight excluding hydrogens is 437 g/mol. The monoisotopic (exact) mass is 467 g/mol. The van der Waals surface area contributed by atoms with Gasteiger partial charge in [-0.25, -0.2) is 4.39 Å². The summed E-state index contributed by atoms with van der Waals surface area (Å²) in [6, 6.07) is 7.98. The van der Waals surface area contributed by atoms with Crippen molar-refractivity contribution in [3.05, 3.63) is 70.4 Å². The van der Waals surface area contributed by atoms with Crippen LogP contribution < -0.4 is 5.56 Å². The van der Waals surface area contributed by atoms with Crippen molar-refractivity contribution >= 4 is 17.6 Å². The Balaban J connectivity index is 1.50. The fourth-order valence-electron chi connectivity index (χ4n) is 4.95. The summed E-state index contributed by atoms with van der Waals surface area (Å²) in [5, 5.41) is 0. The maximum absolute atomic E-state index is 13.5. The van der Waals surface area contributed by atoms with Gasteiger partial charge in [0.25, 0.3) is 11.5 Å². The van der Waals surface area contributed by atoms with E-state index in [-0.39, 0.29) is 17.4 Å². The number of aromatic nitrogens is 1. The van der Waals surface area contributed by atoms with Gasteiger partial charge in [-0.2, -0.15) is 0 Å². The van der Waals surface area contributed by atoms with Gasteiger partial charge in [-0.15, -0.1) is 0 Å². The Hall–Kier alpha value is -3.29. The molecule has 2 aromatic rings. The van der Waals surface area contributed by atoms with Gasteiger partial charge in [-0.1, -0.05) is 13.0 Å². The maximum atomic E-state index is 13.5. The quantitative estimate of drug-likeness (QED) is 0.500. The van der Waals surface area contributed by atoms with Gasteiger partial charge in [0.2, 0.25) is 5.91 Å². The predicted molar refractivity (Wildman–Crippen MR) is 125 cm³/mol. The topological polar surface area (TPSA) is 79.7 Å². The van der Waals surface area contributed by atoms with E-state index in [0.717, 1.165) is 42.6 Å². The van der Waals surface area contributed by atoms with Crippen molar-refractivity contribution in [2.75, 3.05) is 26.2 Å². The zero-order chi connectivity index (χ0) is 24.2. The van der Waals surface area contributed by atoms with Gasteiger partial charge in [0.15, 0.2) is 11.8 Å². The van der Waals surface area contributed by atoms with E-state index >= 15 is 0 Å². The van der Waals surface area contributed by atoms with Gasteiger partial charge in [0.05, 0.1) is 0 Å². The molecule has 7 nitrogen and oxygen atoms in total. The van der Waals surface area contributed by atoms with E-state index in [1.807, 2.05) is 4.90 Å². The van der Waals surface area contributed by atoms with Crippen molar-refractivity contribution in [3.63, 3.8) is 0 Å². The molecule has 2 saturated heterocycles. The van der Waals surface area contributed by atoms with Crippen LogP contribution in [0.25, 0.3) is 0 Å². The van der Waals surface area contributed by atoms with Gasteiger partial charge < -0.3 is 9.80 Å². The van der Waals surface area contributed by atoms with Crippen LogP contribution in [0.3, 0.4) is 0 Å². The molecule has 8 heteroatoms. The van der Waals surface area contributed by atoms with E-state index in [1.165, 1.54) is 24.4 Å². The summed E-state index contributed by atoms with van der Waals surface area (Å²) >= 11 is 0. The molecule has 34 heavy (non-hydrogen) atoms. The second kappa shape index (κ2) is 10.3. The lowest BCUT2D eigenvalue weighted by atomic mass is 9.92.